The summed E-state index contributed by atoms with van der Waals surface area (Å²) in [5.41, 5.74) is -0.106. The summed E-state index contributed by atoms with van der Waals surface area (Å²) in [6, 6.07) is 3.05. The highest BCUT2D eigenvalue weighted by molar-refractivity contribution is 5.96. The van der Waals surface area contributed by atoms with Crippen molar-refractivity contribution in [2.75, 3.05) is 0 Å². The van der Waals surface area contributed by atoms with E-state index in [-0.39, 0.29) is 11.3 Å². The zero-order chi connectivity index (χ0) is 13.0. The predicted molar refractivity (Wildman–Crippen MR) is 66.5 cm³/mol. The lowest BCUT2D eigenvalue weighted by Crippen LogP contribution is -2.10. The summed E-state index contributed by atoms with van der Waals surface area (Å²) < 4.78 is 26.4. The maximum absolute atomic E-state index is 13.4. The van der Waals surface area contributed by atoms with Crippen molar-refractivity contribution in [1.82, 2.24) is 0 Å². The maximum Gasteiger partial charge on any atom is 0.165 e. The van der Waals surface area contributed by atoms with Crippen LogP contribution in [0.5, 0.6) is 0 Å². The van der Waals surface area contributed by atoms with E-state index in [2.05, 4.69) is 0 Å². The van der Waals surface area contributed by atoms with Crippen molar-refractivity contribution in [3.63, 3.8) is 0 Å². The van der Waals surface area contributed by atoms with Gasteiger partial charge in [-0.3, -0.25) is 4.79 Å². The first-order chi connectivity index (χ1) is 8.66. The molecule has 2 rings (SSSR count). The van der Waals surface area contributed by atoms with Gasteiger partial charge >= 0.3 is 0 Å². The molecule has 0 saturated heterocycles. The molecule has 0 N–H and O–H groups in total. The largest absolute Gasteiger partial charge is 0.294 e. The van der Waals surface area contributed by atoms with Gasteiger partial charge in [0.15, 0.2) is 5.78 Å². The van der Waals surface area contributed by atoms with Crippen LogP contribution in [0.1, 0.15) is 55.3 Å². The van der Waals surface area contributed by atoms with Crippen molar-refractivity contribution in [2.45, 2.75) is 44.9 Å². The van der Waals surface area contributed by atoms with E-state index in [1.807, 2.05) is 0 Å². The number of carbonyl (C=O) groups excluding carboxylic acids is 1. The molecule has 1 aromatic rings. The Bertz CT molecular complexity index is 423. The Labute approximate surface area is 106 Å². The van der Waals surface area contributed by atoms with Crippen LogP contribution < -0.4 is 0 Å². The molecule has 3 heteroatoms. The average Bonchev–Trinajstić information content (AvgIpc) is 2.40. The minimum atomic E-state index is -0.620. The van der Waals surface area contributed by atoms with Gasteiger partial charge in [0.25, 0.3) is 0 Å². The third-order valence-electron chi connectivity index (χ3n) is 3.73. The van der Waals surface area contributed by atoms with Crippen LogP contribution in [0.4, 0.5) is 8.78 Å². The van der Waals surface area contributed by atoms with Crippen LogP contribution >= 0.6 is 0 Å². The Morgan fingerprint density at radius 2 is 1.89 bits per heavy atom. The molecule has 1 aliphatic carbocycles. The standard InChI is InChI=1S/C15H18F2O/c16-12-7-8-14(17)13(10-12)15(18)9-6-11-4-2-1-3-5-11/h7-8,10-11H,1-6,9H2. The first-order valence-corrected chi connectivity index (χ1v) is 6.65. The molecule has 0 bridgehead atoms. The molecule has 1 nitrogen and oxygen atoms in total. The Balaban J connectivity index is 1.92. The SMILES string of the molecule is O=C(CCC1CCCCC1)c1cc(F)ccc1F. The predicted octanol–water partition coefficient (Wildman–Crippen LogP) is 4.51. The Hall–Kier alpha value is -1.25. The van der Waals surface area contributed by atoms with E-state index in [1.165, 1.54) is 32.1 Å². The van der Waals surface area contributed by atoms with E-state index < -0.39 is 11.6 Å². The van der Waals surface area contributed by atoms with E-state index in [4.69, 9.17) is 0 Å². The zero-order valence-electron chi connectivity index (χ0n) is 10.4. The fraction of sp³-hybridized carbons (Fsp3) is 0.533. The van der Waals surface area contributed by atoms with Gasteiger partial charge in [-0.2, -0.15) is 0 Å². The van der Waals surface area contributed by atoms with Crippen LogP contribution in [0.25, 0.3) is 0 Å². The van der Waals surface area contributed by atoms with Crippen molar-refractivity contribution in [2.24, 2.45) is 5.92 Å². The second-order valence-electron chi connectivity index (χ2n) is 5.09. The van der Waals surface area contributed by atoms with Crippen LogP contribution in [0.3, 0.4) is 0 Å². The molecule has 0 amide bonds. The first-order valence-electron chi connectivity index (χ1n) is 6.65. The van der Waals surface area contributed by atoms with Crippen LogP contribution in [0.2, 0.25) is 0 Å². The van der Waals surface area contributed by atoms with Crippen molar-refractivity contribution < 1.29 is 13.6 Å². The average molecular weight is 252 g/mol. The number of carbonyl (C=O) groups is 1. The number of rotatable bonds is 4. The normalized spacial score (nSPS) is 16.8. The number of halogens is 2. The second-order valence-corrected chi connectivity index (χ2v) is 5.09. The summed E-state index contributed by atoms with van der Waals surface area (Å²) >= 11 is 0. The van der Waals surface area contributed by atoms with Gasteiger partial charge < -0.3 is 0 Å². The smallest absolute Gasteiger partial charge is 0.165 e. The Morgan fingerprint density at radius 1 is 1.17 bits per heavy atom. The Morgan fingerprint density at radius 3 is 2.61 bits per heavy atom. The number of hydrogen-bond acceptors (Lipinski definition) is 1. The first kappa shape index (κ1) is 13.2. The summed E-state index contributed by atoms with van der Waals surface area (Å²) in [6.07, 6.45) is 7.20. The number of ketones is 1. The van der Waals surface area contributed by atoms with Crippen molar-refractivity contribution in [3.8, 4) is 0 Å². The minimum absolute atomic E-state index is 0.106. The van der Waals surface area contributed by atoms with Gasteiger partial charge in [0, 0.05) is 6.42 Å². The van der Waals surface area contributed by atoms with Gasteiger partial charge in [0.05, 0.1) is 5.56 Å². The van der Waals surface area contributed by atoms with Crippen LogP contribution in [0.15, 0.2) is 18.2 Å². The van der Waals surface area contributed by atoms with E-state index in [0.717, 1.165) is 24.6 Å². The number of Topliss-reactive ketones (excluding diaryl/α,β-unsaturated/α-hetero) is 1. The number of hydrogen-bond donors (Lipinski definition) is 0. The summed E-state index contributed by atoms with van der Waals surface area (Å²) in [7, 11) is 0. The lowest BCUT2D eigenvalue weighted by Gasteiger charge is -2.20. The minimum Gasteiger partial charge on any atom is -0.294 e. The molecule has 1 saturated carbocycles. The summed E-state index contributed by atoms with van der Waals surface area (Å²) in [5.74, 6) is -0.876. The molecule has 1 aliphatic rings. The third-order valence-corrected chi connectivity index (χ3v) is 3.73. The molecule has 0 radical (unpaired) electrons. The van der Waals surface area contributed by atoms with Gasteiger partial charge in [-0.25, -0.2) is 8.78 Å². The third kappa shape index (κ3) is 3.37. The molecule has 0 spiro atoms. The summed E-state index contributed by atoms with van der Waals surface area (Å²) in [5, 5.41) is 0. The van der Waals surface area contributed by atoms with Crippen molar-refractivity contribution >= 4 is 5.78 Å². The van der Waals surface area contributed by atoms with Gasteiger partial charge in [0.1, 0.15) is 11.6 Å². The van der Waals surface area contributed by atoms with E-state index in [1.54, 1.807) is 0 Å². The van der Waals surface area contributed by atoms with E-state index in [0.29, 0.717) is 12.3 Å². The molecule has 1 aromatic carbocycles. The molecular weight excluding hydrogens is 234 g/mol. The molecule has 0 aromatic heterocycles. The molecule has 0 atom stereocenters. The molecule has 18 heavy (non-hydrogen) atoms. The fourth-order valence-corrected chi connectivity index (χ4v) is 2.66. The molecule has 0 aliphatic heterocycles. The lowest BCUT2D eigenvalue weighted by molar-refractivity contribution is 0.0965. The fourth-order valence-electron chi connectivity index (χ4n) is 2.66. The maximum atomic E-state index is 13.4. The van der Waals surface area contributed by atoms with Crippen LogP contribution in [0, 0.1) is 17.6 Å². The number of benzene rings is 1. The highest BCUT2D eigenvalue weighted by atomic mass is 19.1. The van der Waals surface area contributed by atoms with Gasteiger partial charge in [-0.05, 0) is 30.5 Å². The van der Waals surface area contributed by atoms with Gasteiger partial charge in [0.2, 0.25) is 0 Å². The highest BCUT2D eigenvalue weighted by Gasteiger charge is 2.17. The molecular formula is C15H18F2O. The monoisotopic (exact) mass is 252 g/mol. The quantitative estimate of drug-likeness (QED) is 0.721. The van der Waals surface area contributed by atoms with Crippen molar-refractivity contribution in [3.05, 3.63) is 35.4 Å². The molecule has 98 valence electrons. The van der Waals surface area contributed by atoms with Crippen LogP contribution in [-0.2, 0) is 0 Å². The van der Waals surface area contributed by atoms with Crippen LogP contribution in [-0.4, -0.2) is 5.78 Å². The molecule has 1 fully saturated rings. The lowest BCUT2D eigenvalue weighted by atomic mass is 9.85. The topological polar surface area (TPSA) is 17.1 Å². The zero-order valence-corrected chi connectivity index (χ0v) is 10.4. The highest BCUT2D eigenvalue weighted by Crippen LogP contribution is 2.28. The second kappa shape index (κ2) is 6.07. The van der Waals surface area contributed by atoms with E-state index >= 15 is 0 Å². The molecule has 0 unspecified atom stereocenters. The van der Waals surface area contributed by atoms with Crippen molar-refractivity contribution in [1.29, 1.82) is 0 Å². The summed E-state index contributed by atoms with van der Waals surface area (Å²) in [4.78, 5) is 11.9. The Kier molecular flexibility index (Phi) is 4.45. The van der Waals surface area contributed by atoms with E-state index in [9.17, 15) is 13.6 Å². The van der Waals surface area contributed by atoms with Gasteiger partial charge in [-0.1, -0.05) is 32.1 Å². The van der Waals surface area contributed by atoms with Gasteiger partial charge in [-0.15, -0.1) is 0 Å². The summed E-state index contributed by atoms with van der Waals surface area (Å²) in [6.45, 7) is 0. The molecule has 0 heterocycles.